The number of aromatic carboxylic acids is 1. The van der Waals surface area contributed by atoms with Crippen molar-refractivity contribution >= 4 is 17.3 Å². The van der Waals surface area contributed by atoms with E-state index >= 15 is 0 Å². The standard InChI is InChI=1S/C12H12N2O3S/c1-17-8-4-2-3-7(5-8)11-14-9(6-13)10(18-11)12(15)16/h2-5H,6,13H2,1H3,(H,15,16). The van der Waals surface area contributed by atoms with Crippen molar-refractivity contribution in [1.29, 1.82) is 0 Å². The minimum atomic E-state index is -0.998. The molecular formula is C12H12N2O3S. The molecule has 0 spiro atoms. The fraction of sp³-hybridized carbons (Fsp3) is 0.167. The van der Waals surface area contributed by atoms with E-state index in [4.69, 9.17) is 15.6 Å². The van der Waals surface area contributed by atoms with Gasteiger partial charge >= 0.3 is 5.97 Å². The van der Waals surface area contributed by atoms with Gasteiger partial charge in [-0.2, -0.15) is 0 Å². The van der Waals surface area contributed by atoms with Gasteiger partial charge in [-0.1, -0.05) is 12.1 Å². The summed E-state index contributed by atoms with van der Waals surface area (Å²) in [6.07, 6.45) is 0. The molecule has 0 amide bonds. The molecule has 0 saturated carbocycles. The summed E-state index contributed by atoms with van der Waals surface area (Å²) in [4.78, 5) is 15.5. The molecule has 5 nitrogen and oxygen atoms in total. The second kappa shape index (κ2) is 5.16. The molecule has 0 aliphatic heterocycles. The van der Waals surface area contributed by atoms with Gasteiger partial charge in [-0.3, -0.25) is 0 Å². The number of aromatic nitrogens is 1. The number of hydrogen-bond acceptors (Lipinski definition) is 5. The SMILES string of the molecule is COc1cccc(-c2nc(CN)c(C(=O)O)s2)c1. The van der Waals surface area contributed by atoms with E-state index in [9.17, 15) is 4.79 Å². The van der Waals surface area contributed by atoms with Gasteiger partial charge in [0.2, 0.25) is 0 Å². The van der Waals surface area contributed by atoms with Crippen LogP contribution in [0, 0.1) is 0 Å². The highest BCUT2D eigenvalue weighted by Crippen LogP contribution is 2.30. The van der Waals surface area contributed by atoms with Gasteiger partial charge in [-0.15, -0.1) is 11.3 Å². The van der Waals surface area contributed by atoms with Crippen molar-refractivity contribution in [2.75, 3.05) is 7.11 Å². The van der Waals surface area contributed by atoms with Crippen molar-refractivity contribution in [3.05, 3.63) is 34.8 Å². The summed E-state index contributed by atoms with van der Waals surface area (Å²) in [5.74, 6) is -0.295. The maximum Gasteiger partial charge on any atom is 0.347 e. The van der Waals surface area contributed by atoms with Crippen LogP contribution in [0.2, 0.25) is 0 Å². The highest BCUT2D eigenvalue weighted by Gasteiger charge is 2.17. The van der Waals surface area contributed by atoms with E-state index in [1.54, 1.807) is 7.11 Å². The molecule has 94 valence electrons. The maximum atomic E-state index is 11.0. The molecule has 0 fully saturated rings. The van der Waals surface area contributed by atoms with Gasteiger partial charge in [0.15, 0.2) is 0 Å². The summed E-state index contributed by atoms with van der Waals surface area (Å²) in [6.45, 7) is 0.113. The predicted molar refractivity (Wildman–Crippen MR) is 69.0 cm³/mol. The Labute approximate surface area is 108 Å². The number of ether oxygens (including phenoxy) is 1. The molecular weight excluding hydrogens is 252 g/mol. The molecule has 2 rings (SSSR count). The number of thiazole rings is 1. The molecule has 0 aliphatic rings. The Bertz CT molecular complexity index is 580. The van der Waals surface area contributed by atoms with E-state index < -0.39 is 5.97 Å². The number of benzene rings is 1. The average molecular weight is 264 g/mol. The van der Waals surface area contributed by atoms with Crippen molar-refractivity contribution in [2.24, 2.45) is 5.73 Å². The van der Waals surface area contributed by atoms with Crippen LogP contribution < -0.4 is 10.5 Å². The number of carboxylic acids is 1. The van der Waals surface area contributed by atoms with Crippen LogP contribution in [0.3, 0.4) is 0 Å². The second-order valence-corrected chi connectivity index (χ2v) is 4.54. The molecule has 0 saturated heterocycles. The average Bonchev–Trinajstić information content (AvgIpc) is 2.83. The van der Waals surface area contributed by atoms with Crippen LogP contribution in [-0.4, -0.2) is 23.2 Å². The van der Waals surface area contributed by atoms with Gasteiger partial charge in [-0.05, 0) is 12.1 Å². The Morgan fingerprint density at radius 2 is 2.33 bits per heavy atom. The smallest absolute Gasteiger partial charge is 0.347 e. The zero-order chi connectivity index (χ0) is 13.1. The minimum Gasteiger partial charge on any atom is -0.497 e. The summed E-state index contributed by atoms with van der Waals surface area (Å²) >= 11 is 1.12. The number of nitrogens with zero attached hydrogens (tertiary/aromatic N) is 1. The molecule has 0 unspecified atom stereocenters. The van der Waals surface area contributed by atoms with Crippen LogP contribution in [0.15, 0.2) is 24.3 Å². The Hall–Kier alpha value is -1.92. The summed E-state index contributed by atoms with van der Waals surface area (Å²) in [6, 6.07) is 7.31. The molecule has 0 atom stereocenters. The fourth-order valence-electron chi connectivity index (χ4n) is 1.54. The van der Waals surface area contributed by atoms with Crippen molar-refractivity contribution in [1.82, 2.24) is 4.98 Å². The quantitative estimate of drug-likeness (QED) is 0.881. The third kappa shape index (κ3) is 2.34. The van der Waals surface area contributed by atoms with Crippen LogP contribution in [0.25, 0.3) is 10.6 Å². The van der Waals surface area contributed by atoms with Crippen molar-refractivity contribution in [3.63, 3.8) is 0 Å². The summed E-state index contributed by atoms with van der Waals surface area (Å²) in [5, 5.41) is 9.68. The molecule has 0 bridgehead atoms. The summed E-state index contributed by atoms with van der Waals surface area (Å²) in [7, 11) is 1.58. The van der Waals surface area contributed by atoms with E-state index in [2.05, 4.69) is 4.98 Å². The van der Waals surface area contributed by atoms with Crippen LogP contribution in [0.4, 0.5) is 0 Å². The number of carboxylic acid groups (broad SMARTS) is 1. The molecule has 1 heterocycles. The third-order valence-corrected chi connectivity index (χ3v) is 3.54. The second-order valence-electron chi connectivity index (χ2n) is 3.54. The molecule has 1 aromatic carbocycles. The largest absolute Gasteiger partial charge is 0.497 e. The van der Waals surface area contributed by atoms with Crippen LogP contribution in [0.5, 0.6) is 5.75 Å². The Kier molecular flexibility index (Phi) is 3.59. The lowest BCUT2D eigenvalue weighted by Crippen LogP contribution is -2.04. The van der Waals surface area contributed by atoms with Crippen molar-refractivity contribution in [3.8, 4) is 16.3 Å². The number of methoxy groups -OCH3 is 1. The number of hydrogen-bond donors (Lipinski definition) is 2. The van der Waals surface area contributed by atoms with E-state index in [1.165, 1.54) is 0 Å². The van der Waals surface area contributed by atoms with Gasteiger partial charge in [-0.25, -0.2) is 9.78 Å². The molecule has 0 radical (unpaired) electrons. The summed E-state index contributed by atoms with van der Waals surface area (Å²) < 4.78 is 5.12. The lowest BCUT2D eigenvalue weighted by atomic mass is 10.2. The Balaban J connectivity index is 2.47. The number of nitrogens with two attached hydrogens (primary N) is 1. The zero-order valence-corrected chi connectivity index (χ0v) is 10.5. The molecule has 6 heteroatoms. The highest BCUT2D eigenvalue weighted by molar-refractivity contribution is 7.17. The summed E-state index contributed by atoms with van der Waals surface area (Å²) in [5.41, 5.74) is 6.72. The number of carbonyl (C=O) groups is 1. The first-order valence-corrected chi connectivity index (χ1v) is 6.05. The third-order valence-electron chi connectivity index (χ3n) is 2.40. The van der Waals surface area contributed by atoms with E-state index in [0.29, 0.717) is 16.5 Å². The van der Waals surface area contributed by atoms with Gasteiger partial charge < -0.3 is 15.6 Å². The Morgan fingerprint density at radius 1 is 1.56 bits per heavy atom. The highest BCUT2D eigenvalue weighted by atomic mass is 32.1. The van der Waals surface area contributed by atoms with Crippen molar-refractivity contribution in [2.45, 2.75) is 6.54 Å². The van der Waals surface area contributed by atoms with Gasteiger partial charge in [0, 0.05) is 12.1 Å². The lowest BCUT2D eigenvalue weighted by molar-refractivity contribution is 0.0700. The molecule has 0 aliphatic carbocycles. The van der Waals surface area contributed by atoms with Gasteiger partial charge in [0.25, 0.3) is 0 Å². The maximum absolute atomic E-state index is 11.0. The lowest BCUT2D eigenvalue weighted by Gasteiger charge is -2.00. The first-order chi connectivity index (χ1) is 8.65. The van der Waals surface area contributed by atoms with Gasteiger partial charge in [0.05, 0.1) is 12.8 Å². The molecule has 2 aromatic rings. The topological polar surface area (TPSA) is 85.4 Å². The van der Waals surface area contributed by atoms with E-state index in [-0.39, 0.29) is 11.4 Å². The fourth-order valence-corrected chi connectivity index (χ4v) is 2.46. The molecule has 18 heavy (non-hydrogen) atoms. The van der Waals surface area contributed by atoms with E-state index in [1.807, 2.05) is 24.3 Å². The van der Waals surface area contributed by atoms with Crippen molar-refractivity contribution < 1.29 is 14.6 Å². The van der Waals surface area contributed by atoms with Crippen LogP contribution in [0.1, 0.15) is 15.4 Å². The predicted octanol–water partition coefficient (Wildman–Crippen LogP) is 1.98. The molecule has 1 aromatic heterocycles. The monoisotopic (exact) mass is 264 g/mol. The first kappa shape index (κ1) is 12.5. The Morgan fingerprint density at radius 3 is 2.89 bits per heavy atom. The van der Waals surface area contributed by atoms with Crippen LogP contribution in [-0.2, 0) is 6.54 Å². The first-order valence-electron chi connectivity index (χ1n) is 5.23. The van der Waals surface area contributed by atoms with E-state index in [0.717, 1.165) is 16.9 Å². The van der Waals surface area contributed by atoms with Crippen LogP contribution >= 0.6 is 11.3 Å². The van der Waals surface area contributed by atoms with Gasteiger partial charge in [0.1, 0.15) is 15.6 Å². The molecule has 3 N–H and O–H groups in total. The zero-order valence-electron chi connectivity index (χ0n) is 9.71. The number of rotatable bonds is 4. The normalized spacial score (nSPS) is 10.3. The minimum absolute atomic E-state index is 0.113.